The molecule has 1 rings (SSSR count). The molecule has 0 aromatic carbocycles. The summed E-state index contributed by atoms with van der Waals surface area (Å²) < 4.78 is 12.7. The largest absolute Gasteiger partial charge is 0.384 e. The van der Waals surface area contributed by atoms with Crippen LogP contribution in [-0.2, 0) is 0 Å². The highest BCUT2D eigenvalue weighted by Crippen LogP contribution is 2.32. The first-order chi connectivity index (χ1) is 4.93. The van der Waals surface area contributed by atoms with E-state index in [1.54, 1.807) is 13.8 Å². The zero-order valence-corrected chi connectivity index (χ0v) is 8.02. The van der Waals surface area contributed by atoms with Gasteiger partial charge in [0, 0.05) is 0 Å². The molecule has 0 aromatic heterocycles. The zero-order valence-electron chi connectivity index (χ0n) is 6.44. The Morgan fingerprint density at radius 3 is 2.73 bits per heavy atom. The lowest BCUT2D eigenvalue weighted by atomic mass is 9.92. The molecule has 2 unspecified atom stereocenters. The average molecular weight is 221 g/mol. The highest BCUT2D eigenvalue weighted by Gasteiger charge is 2.32. The number of hydrogen-bond donors (Lipinski definition) is 1. The maximum atomic E-state index is 12.7. The molecule has 0 aliphatic heterocycles. The minimum Gasteiger partial charge on any atom is -0.384 e. The average Bonchev–Trinajstić information content (AvgIpc) is 1.81. The van der Waals surface area contributed by atoms with E-state index in [0.29, 0.717) is 0 Å². The highest BCUT2D eigenvalue weighted by molar-refractivity contribution is 9.09. The Bertz CT molecular complexity index is 230. The quantitative estimate of drug-likeness (QED) is 0.622. The van der Waals surface area contributed by atoms with E-state index in [1.165, 1.54) is 12.2 Å². The van der Waals surface area contributed by atoms with Crippen LogP contribution < -0.4 is 0 Å². The van der Waals surface area contributed by atoms with Crippen molar-refractivity contribution >= 4 is 15.9 Å². The molecule has 0 bridgehead atoms. The van der Waals surface area contributed by atoms with Crippen LogP contribution in [0.1, 0.15) is 13.8 Å². The van der Waals surface area contributed by atoms with Gasteiger partial charge in [0.1, 0.15) is 5.83 Å². The first kappa shape index (κ1) is 8.94. The minimum absolute atomic E-state index is 0.186. The third-order valence-corrected chi connectivity index (χ3v) is 3.36. The Kier molecular flexibility index (Phi) is 2.21. The van der Waals surface area contributed by atoms with Gasteiger partial charge in [-0.15, -0.1) is 0 Å². The van der Waals surface area contributed by atoms with Gasteiger partial charge in [0.25, 0.3) is 0 Å². The summed E-state index contributed by atoms with van der Waals surface area (Å²) in [6.45, 7) is 3.35. The Balaban J connectivity index is 3.01. The summed E-state index contributed by atoms with van der Waals surface area (Å²) in [5, 5.41) is 9.58. The summed E-state index contributed by atoms with van der Waals surface area (Å²) in [4.78, 5) is -0.186. The van der Waals surface area contributed by atoms with E-state index in [2.05, 4.69) is 15.9 Å². The fourth-order valence-electron chi connectivity index (χ4n) is 1.15. The number of halogens is 2. The first-order valence-electron chi connectivity index (χ1n) is 3.36. The minimum atomic E-state index is -1.11. The number of hydrogen-bond acceptors (Lipinski definition) is 1. The Morgan fingerprint density at radius 2 is 2.27 bits per heavy atom. The Hall–Kier alpha value is -0.150. The monoisotopic (exact) mass is 220 g/mol. The third kappa shape index (κ3) is 1.71. The van der Waals surface area contributed by atoms with Gasteiger partial charge in [-0.25, -0.2) is 4.39 Å². The van der Waals surface area contributed by atoms with Crippen molar-refractivity contribution in [2.24, 2.45) is 0 Å². The summed E-state index contributed by atoms with van der Waals surface area (Å²) >= 11 is 3.27. The molecule has 11 heavy (non-hydrogen) atoms. The van der Waals surface area contributed by atoms with Crippen LogP contribution in [0.2, 0.25) is 0 Å². The number of alkyl halides is 1. The smallest absolute Gasteiger partial charge is 0.122 e. The summed E-state index contributed by atoms with van der Waals surface area (Å²) in [7, 11) is 0. The maximum Gasteiger partial charge on any atom is 0.122 e. The van der Waals surface area contributed by atoms with Gasteiger partial charge in [-0.2, -0.15) is 0 Å². The molecule has 1 nitrogen and oxygen atoms in total. The van der Waals surface area contributed by atoms with Gasteiger partial charge in [-0.3, -0.25) is 0 Å². The molecule has 0 amide bonds. The van der Waals surface area contributed by atoms with Gasteiger partial charge < -0.3 is 5.11 Å². The van der Waals surface area contributed by atoms with Crippen molar-refractivity contribution in [2.75, 3.05) is 0 Å². The van der Waals surface area contributed by atoms with Crippen LogP contribution in [0.4, 0.5) is 4.39 Å². The predicted octanol–water partition coefficient (Wildman–Crippen LogP) is 2.31. The van der Waals surface area contributed by atoms with Crippen molar-refractivity contribution in [2.45, 2.75) is 24.3 Å². The zero-order chi connectivity index (χ0) is 8.65. The summed E-state index contributed by atoms with van der Waals surface area (Å²) in [6.07, 6.45) is 2.62. The van der Waals surface area contributed by atoms with Crippen molar-refractivity contribution in [3.63, 3.8) is 0 Å². The second-order valence-electron chi connectivity index (χ2n) is 3.01. The van der Waals surface area contributed by atoms with Gasteiger partial charge in [-0.05, 0) is 26.0 Å². The Morgan fingerprint density at radius 1 is 1.73 bits per heavy atom. The number of rotatable bonds is 0. The van der Waals surface area contributed by atoms with Crippen LogP contribution >= 0.6 is 15.9 Å². The molecule has 0 saturated heterocycles. The fraction of sp³-hybridized carbons (Fsp3) is 0.500. The summed E-state index contributed by atoms with van der Waals surface area (Å²) in [5.41, 5.74) is -0.307. The van der Waals surface area contributed by atoms with Crippen LogP contribution in [0.5, 0.6) is 0 Å². The van der Waals surface area contributed by atoms with Crippen molar-refractivity contribution in [1.29, 1.82) is 0 Å². The molecule has 2 atom stereocenters. The SMILES string of the molecule is CC1=CC(F)=CC(C)(O)C1Br. The molecule has 1 aliphatic rings. The van der Waals surface area contributed by atoms with Gasteiger partial charge in [0.05, 0.1) is 10.4 Å². The lowest BCUT2D eigenvalue weighted by Crippen LogP contribution is -2.35. The summed E-state index contributed by atoms with van der Waals surface area (Å²) in [6, 6.07) is 0. The lowest BCUT2D eigenvalue weighted by Gasteiger charge is -2.29. The normalized spacial score (nSPS) is 38.1. The van der Waals surface area contributed by atoms with E-state index >= 15 is 0 Å². The molecule has 0 saturated carbocycles. The number of aliphatic hydroxyl groups is 1. The second kappa shape index (κ2) is 2.72. The van der Waals surface area contributed by atoms with Crippen molar-refractivity contribution < 1.29 is 9.50 Å². The van der Waals surface area contributed by atoms with Crippen molar-refractivity contribution in [1.82, 2.24) is 0 Å². The molecule has 3 heteroatoms. The van der Waals surface area contributed by atoms with Crippen molar-refractivity contribution in [3.8, 4) is 0 Å². The summed E-state index contributed by atoms with van der Waals surface area (Å²) in [5.74, 6) is -0.372. The topological polar surface area (TPSA) is 20.2 Å². The van der Waals surface area contributed by atoms with Gasteiger partial charge in [-0.1, -0.05) is 21.5 Å². The van der Waals surface area contributed by atoms with E-state index in [4.69, 9.17) is 0 Å². The number of allylic oxidation sites excluding steroid dienone is 2. The van der Waals surface area contributed by atoms with Crippen LogP contribution in [-0.4, -0.2) is 15.5 Å². The molecule has 0 radical (unpaired) electrons. The van der Waals surface area contributed by atoms with E-state index in [1.807, 2.05) is 0 Å². The third-order valence-electron chi connectivity index (χ3n) is 1.71. The van der Waals surface area contributed by atoms with E-state index < -0.39 is 5.60 Å². The van der Waals surface area contributed by atoms with Crippen LogP contribution in [0.15, 0.2) is 23.6 Å². The van der Waals surface area contributed by atoms with Gasteiger partial charge in [0.2, 0.25) is 0 Å². The van der Waals surface area contributed by atoms with E-state index in [9.17, 15) is 9.50 Å². The molecule has 0 aromatic rings. The molecule has 1 N–H and O–H groups in total. The molecule has 0 heterocycles. The molecule has 0 spiro atoms. The molecular weight excluding hydrogens is 211 g/mol. The second-order valence-corrected chi connectivity index (χ2v) is 3.92. The van der Waals surface area contributed by atoms with Crippen LogP contribution in [0.25, 0.3) is 0 Å². The predicted molar refractivity (Wildman–Crippen MR) is 46.3 cm³/mol. The van der Waals surface area contributed by atoms with E-state index in [0.717, 1.165) is 5.57 Å². The molecular formula is C8H10BrFO. The standard InChI is InChI=1S/C8H10BrFO/c1-5-3-6(10)4-8(2,11)7(5)9/h3-4,7,11H,1-2H3. The molecule has 0 fully saturated rings. The highest BCUT2D eigenvalue weighted by atomic mass is 79.9. The van der Waals surface area contributed by atoms with Crippen molar-refractivity contribution in [3.05, 3.63) is 23.6 Å². The van der Waals surface area contributed by atoms with E-state index in [-0.39, 0.29) is 10.7 Å². The van der Waals surface area contributed by atoms with Gasteiger partial charge >= 0.3 is 0 Å². The first-order valence-corrected chi connectivity index (χ1v) is 4.28. The maximum absolute atomic E-state index is 12.7. The lowest BCUT2D eigenvalue weighted by molar-refractivity contribution is 0.115. The van der Waals surface area contributed by atoms with Crippen LogP contribution in [0.3, 0.4) is 0 Å². The molecule has 1 aliphatic carbocycles. The van der Waals surface area contributed by atoms with Gasteiger partial charge in [0.15, 0.2) is 0 Å². The molecule has 62 valence electrons. The fourth-order valence-corrected chi connectivity index (χ4v) is 1.41. The van der Waals surface area contributed by atoms with Crippen LogP contribution in [0, 0.1) is 0 Å². The Labute approximate surface area is 73.7 Å².